The zero-order chi connectivity index (χ0) is 15.4. The minimum Gasteiger partial charge on any atom is -0.305 e. The zero-order valence-corrected chi connectivity index (χ0v) is 13.2. The van der Waals surface area contributed by atoms with Crippen molar-refractivity contribution >= 4 is 0 Å². The summed E-state index contributed by atoms with van der Waals surface area (Å²) in [7, 11) is 0. The van der Waals surface area contributed by atoms with Gasteiger partial charge in [0.15, 0.2) is 0 Å². The van der Waals surface area contributed by atoms with E-state index in [1.165, 1.54) is 0 Å². The van der Waals surface area contributed by atoms with Gasteiger partial charge in [0, 0.05) is 6.20 Å². The molecule has 0 aliphatic rings. The Morgan fingerprint density at radius 1 is 1.10 bits per heavy atom. The first kappa shape index (κ1) is 15.6. The van der Waals surface area contributed by atoms with E-state index in [1.807, 2.05) is 26.1 Å². The van der Waals surface area contributed by atoms with Crippen molar-refractivity contribution in [1.82, 2.24) is 10.3 Å². The maximum absolute atomic E-state index is 13.7. The number of halogens is 1. The van der Waals surface area contributed by atoms with E-state index < -0.39 is 0 Å². The van der Waals surface area contributed by atoms with Gasteiger partial charge >= 0.3 is 0 Å². The number of rotatable bonds is 5. The first-order chi connectivity index (χ1) is 10.0. The molecule has 0 aliphatic carbocycles. The van der Waals surface area contributed by atoms with Crippen LogP contribution >= 0.6 is 0 Å². The zero-order valence-electron chi connectivity index (χ0n) is 13.2. The Labute approximate surface area is 126 Å². The lowest BCUT2D eigenvalue weighted by molar-refractivity contribution is 0.573. The number of hydrogen-bond donors (Lipinski definition) is 1. The molecule has 21 heavy (non-hydrogen) atoms. The molecular formula is C18H23FN2. The lowest BCUT2D eigenvalue weighted by Gasteiger charge is -2.21. The Bertz CT molecular complexity index is 602. The molecule has 2 nitrogen and oxygen atoms in total. The normalized spacial score (nSPS) is 12.4. The van der Waals surface area contributed by atoms with E-state index in [9.17, 15) is 4.39 Å². The molecule has 0 saturated heterocycles. The Kier molecular flexibility index (Phi) is 5.07. The third kappa shape index (κ3) is 3.88. The van der Waals surface area contributed by atoms with Gasteiger partial charge in [0.2, 0.25) is 0 Å². The molecule has 0 amide bonds. The average Bonchev–Trinajstić information content (AvgIpc) is 2.40. The first-order valence-electron chi connectivity index (χ1n) is 7.45. The molecule has 1 heterocycles. The van der Waals surface area contributed by atoms with E-state index in [0.29, 0.717) is 0 Å². The summed E-state index contributed by atoms with van der Waals surface area (Å²) in [6.45, 7) is 9.00. The third-order valence-corrected chi connectivity index (χ3v) is 3.53. The molecule has 0 spiro atoms. The second-order valence-corrected chi connectivity index (χ2v) is 5.66. The van der Waals surface area contributed by atoms with Crippen molar-refractivity contribution in [3.63, 3.8) is 0 Å². The fraction of sp³-hybridized carbons (Fsp3) is 0.389. The van der Waals surface area contributed by atoms with E-state index in [1.54, 1.807) is 12.1 Å². The Balaban J connectivity index is 2.46. The van der Waals surface area contributed by atoms with Gasteiger partial charge in [-0.15, -0.1) is 0 Å². The molecule has 112 valence electrons. The standard InChI is InChI=1S/C18H23FN2/c1-5-6-20-18(15-8-12(2)9-16(19)10-15)17-14(4)7-13(3)11-21-17/h7-11,18,20H,5-6H2,1-4H3. The molecular weight excluding hydrogens is 263 g/mol. The van der Waals surface area contributed by atoms with Crippen LogP contribution in [0, 0.1) is 26.6 Å². The number of benzene rings is 1. The molecule has 2 rings (SSSR count). The molecule has 1 atom stereocenters. The highest BCUT2D eigenvalue weighted by Crippen LogP contribution is 2.25. The quantitative estimate of drug-likeness (QED) is 0.889. The van der Waals surface area contributed by atoms with Gasteiger partial charge in [-0.2, -0.15) is 0 Å². The summed E-state index contributed by atoms with van der Waals surface area (Å²) in [5, 5.41) is 3.49. The summed E-state index contributed by atoms with van der Waals surface area (Å²) in [6, 6.07) is 7.23. The van der Waals surface area contributed by atoms with E-state index >= 15 is 0 Å². The maximum Gasteiger partial charge on any atom is 0.123 e. The Morgan fingerprint density at radius 2 is 1.86 bits per heavy atom. The molecule has 0 aliphatic heterocycles. The third-order valence-electron chi connectivity index (χ3n) is 3.53. The van der Waals surface area contributed by atoms with Gasteiger partial charge in [-0.3, -0.25) is 4.98 Å². The van der Waals surface area contributed by atoms with Crippen molar-refractivity contribution in [3.05, 3.63) is 64.2 Å². The lowest BCUT2D eigenvalue weighted by Crippen LogP contribution is -2.25. The van der Waals surface area contributed by atoms with Crippen molar-refractivity contribution in [3.8, 4) is 0 Å². The van der Waals surface area contributed by atoms with Gasteiger partial charge < -0.3 is 5.32 Å². The van der Waals surface area contributed by atoms with Crippen LogP contribution in [-0.2, 0) is 0 Å². The monoisotopic (exact) mass is 286 g/mol. The minimum atomic E-state index is -0.196. The van der Waals surface area contributed by atoms with Gasteiger partial charge in [0.25, 0.3) is 0 Å². The number of nitrogens with zero attached hydrogens (tertiary/aromatic N) is 1. The molecule has 0 bridgehead atoms. The number of aryl methyl sites for hydroxylation is 3. The molecule has 0 saturated carbocycles. The maximum atomic E-state index is 13.7. The SMILES string of the molecule is CCCNC(c1cc(C)cc(F)c1)c1ncc(C)cc1C. The average molecular weight is 286 g/mol. The van der Waals surface area contributed by atoms with Gasteiger partial charge in [-0.05, 0) is 68.1 Å². The van der Waals surface area contributed by atoms with Crippen molar-refractivity contribution < 1.29 is 4.39 Å². The van der Waals surface area contributed by atoms with E-state index in [4.69, 9.17) is 0 Å². The van der Waals surface area contributed by atoms with Crippen LogP contribution < -0.4 is 5.32 Å². The van der Waals surface area contributed by atoms with Crippen LogP contribution in [0.3, 0.4) is 0 Å². The van der Waals surface area contributed by atoms with E-state index in [-0.39, 0.29) is 11.9 Å². The molecule has 1 unspecified atom stereocenters. The number of pyridine rings is 1. The number of hydrogen-bond acceptors (Lipinski definition) is 2. The fourth-order valence-corrected chi connectivity index (χ4v) is 2.62. The van der Waals surface area contributed by atoms with Crippen LogP contribution in [0.5, 0.6) is 0 Å². The summed E-state index contributed by atoms with van der Waals surface area (Å²) in [6.07, 6.45) is 2.89. The fourth-order valence-electron chi connectivity index (χ4n) is 2.62. The molecule has 1 aromatic carbocycles. The summed E-state index contributed by atoms with van der Waals surface area (Å²) >= 11 is 0. The Morgan fingerprint density at radius 3 is 2.48 bits per heavy atom. The van der Waals surface area contributed by atoms with Crippen molar-refractivity contribution in [2.24, 2.45) is 0 Å². The van der Waals surface area contributed by atoms with Gasteiger partial charge in [0.05, 0.1) is 11.7 Å². The lowest BCUT2D eigenvalue weighted by atomic mass is 9.97. The Hall–Kier alpha value is -1.74. The summed E-state index contributed by atoms with van der Waals surface area (Å²) < 4.78 is 13.7. The predicted molar refractivity (Wildman–Crippen MR) is 85.0 cm³/mol. The molecule has 0 fully saturated rings. The van der Waals surface area contributed by atoms with Crippen molar-refractivity contribution in [1.29, 1.82) is 0 Å². The van der Waals surface area contributed by atoms with Gasteiger partial charge in [0.1, 0.15) is 5.82 Å². The van der Waals surface area contributed by atoms with Crippen molar-refractivity contribution in [2.75, 3.05) is 6.54 Å². The van der Waals surface area contributed by atoms with Crippen LogP contribution in [0.1, 0.15) is 47.3 Å². The molecule has 0 radical (unpaired) electrons. The molecule has 1 aromatic heterocycles. The summed E-state index contributed by atoms with van der Waals surface area (Å²) in [4.78, 5) is 4.58. The highest BCUT2D eigenvalue weighted by atomic mass is 19.1. The largest absolute Gasteiger partial charge is 0.305 e. The van der Waals surface area contributed by atoms with Crippen LogP contribution in [0.2, 0.25) is 0 Å². The molecule has 1 N–H and O–H groups in total. The van der Waals surface area contributed by atoms with Crippen LogP contribution in [0.15, 0.2) is 30.5 Å². The molecule has 3 heteroatoms. The predicted octanol–water partition coefficient (Wildman–Crippen LogP) is 4.23. The van der Waals surface area contributed by atoms with Crippen LogP contribution in [0.25, 0.3) is 0 Å². The topological polar surface area (TPSA) is 24.9 Å². The second kappa shape index (κ2) is 6.81. The van der Waals surface area contributed by atoms with E-state index in [0.717, 1.165) is 40.9 Å². The summed E-state index contributed by atoms with van der Waals surface area (Å²) in [5.74, 6) is -0.196. The first-order valence-corrected chi connectivity index (χ1v) is 7.45. The van der Waals surface area contributed by atoms with Gasteiger partial charge in [-0.25, -0.2) is 4.39 Å². The highest BCUT2D eigenvalue weighted by Gasteiger charge is 2.18. The van der Waals surface area contributed by atoms with Crippen molar-refractivity contribution in [2.45, 2.75) is 40.2 Å². The van der Waals surface area contributed by atoms with Gasteiger partial charge in [-0.1, -0.05) is 19.1 Å². The minimum absolute atomic E-state index is 0.0695. The summed E-state index contributed by atoms with van der Waals surface area (Å²) in [5.41, 5.74) is 5.10. The van der Waals surface area contributed by atoms with Crippen LogP contribution in [0.4, 0.5) is 4.39 Å². The molecule has 2 aromatic rings. The number of aromatic nitrogens is 1. The highest BCUT2D eigenvalue weighted by molar-refractivity contribution is 5.36. The van der Waals surface area contributed by atoms with E-state index in [2.05, 4.69) is 30.2 Å². The van der Waals surface area contributed by atoms with Crippen LogP contribution in [-0.4, -0.2) is 11.5 Å². The second-order valence-electron chi connectivity index (χ2n) is 5.66. The number of nitrogens with one attached hydrogen (secondary N) is 1. The smallest absolute Gasteiger partial charge is 0.123 e.